The Hall–Kier alpha value is -3.02. The quantitative estimate of drug-likeness (QED) is 0.600. The van der Waals surface area contributed by atoms with Gasteiger partial charge in [-0.1, -0.05) is 29.4 Å². The van der Waals surface area contributed by atoms with Crippen LogP contribution in [0.4, 0.5) is 0 Å². The highest BCUT2D eigenvalue weighted by molar-refractivity contribution is 7.89. The molecule has 0 radical (unpaired) electrons. The maximum Gasteiger partial charge on any atom is 0.265 e. The largest absolute Gasteiger partial charge is 0.364 e. The van der Waals surface area contributed by atoms with Crippen molar-refractivity contribution in [1.82, 2.24) is 23.9 Å². The van der Waals surface area contributed by atoms with Crippen molar-refractivity contribution in [2.45, 2.75) is 18.4 Å². The van der Waals surface area contributed by atoms with Gasteiger partial charge in [-0.05, 0) is 18.6 Å². The molecule has 0 atom stereocenters. The van der Waals surface area contributed by atoms with Crippen LogP contribution in [0.25, 0.3) is 11.4 Å². The van der Waals surface area contributed by atoms with Gasteiger partial charge in [-0.25, -0.2) is 8.42 Å². The van der Waals surface area contributed by atoms with Gasteiger partial charge < -0.3 is 14.8 Å². The molecule has 164 valence electrons. The number of primary amides is 1. The van der Waals surface area contributed by atoms with E-state index < -0.39 is 15.9 Å². The summed E-state index contributed by atoms with van der Waals surface area (Å²) in [5.74, 6) is 0.366. The second kappa shape index (κ2) is 8.25. The summed E-state index contributed by atoms with van der Waals surface area (Å²) in [4.78, 5) is 18.1. The van der Waals surface area contributed by atoms with Crippen molar-refractivity contribution in [1.29, 1.82) is 0 Å². The Kier molecular flexibility index (Phi) is 5.65. The van der Waals surface area contributed by atoms with Crippen molar-refractivity contribution in [3.05, 3.63) is 53.7 Å². The topological polar surface area (TPSA) is 128 Å². The molecule has 31 heavy (non-hydrogen) atoms. The van der Waals surface area contributed by atoms with E-state index in [4.69, 9.17) is 10.3 Å². The molecular weight excluding hydrogens is 420 g/mol. The summed E-state index contributed by atoms with van der Waals surface area (Å²) in [7, 11) is -2.11. The molecule has 0 saturated carbocycles. The van der Waals surface area contributed by atoms with Gasteiger partial charge in [0.15, 0.2) is 0 Å². The summed E-state index contributed by atoms with van der Waals surface area (Å²) in [5.41, 5.74) is 7.43. The Morgan fingerprint density at radius 2 is 1.90 bits per heavy atom. The third-order valence-corrected chi connectivity index (χ3v) is 7.28. The first-order chi connectivity index (χ1) is 14.8. The number of sulfonamides is 1. The average Bonchev–Trinajstić information content (AvgIpc) is 3.36. The zero-order valence-electron chi connectivity index (χ0n) is 17.4. The molecule has 0 bridgehead atoms. The predicted molar refractivity (Wildman–Crippen MR) is 112 cm³/mol. The molecule has 1 fully saturated rings. The Morgan fingerprint density at radius 3 is 2.55 bits per heavy atom. The minimum atomic E-state index is -3.70. The summed E-state index contributed by atoms with van der Waals surface area (Å²) in [6.07, 6.45) is 1.41. The summed E-state index contributed by atoms with van der Waals surface area (Å²) >= 11 is 0. The average molecular weight is 445 g/mol. The number of hydrogen-bond acceptors (Lipinski definition) is 7. The lowest BCUT2D eigenvalue weighted by Gasteiger charge is -2.32. The van der Waals surface area contributed by atoms with Gasteiger partial charge in [0.2, 0.25) is 21.7 Å². The normalized spacial score (nSPS) is 15.9. The highest BCUT2D eigenvalue weighted by Gasteiger charge is 2.30. The van der Waals surface area contributed by atoms with Gasteiger partial charge in [0.25, 0.3) is 5.91 Å². The Bertz CT molecular complexity index is 1210. The van der Waals surface area contributed by atoms with Crippen molar-refractivity contribution in [2.24, 2.45) is 12.8 Å². The minimum Gasteiger partial charge on any atom is -0.364 e. The van der Waals surface area contributed by atoms with Crippen LogP contribution in [0.5, 0.6) is 0 Å². The highest BCUT2D eigenvalue weighted by atomic mass is 32.2. The van der Waals surface area contributed by atoms with E-state index in [1.54, 1.807) is 7.05 Å². The number of aromatic nitrogens is 3. The first-order valence-electron chi connectivity index (χ1n) is 9.83. The smallest absolute Gasteiger partial charge is 0.265 e. The molecule has 1 aromatic carbocycles. The maximum absolute atomic E-state index is 12.9. The Morgan fingerprint density at radius 1 is 1.19 bits per heavy atom. The van der Waals surface area contributed by atoms with E-state index in [0.717, 1.165) is 11.1 Å². The molecular formula is C20H24N6O4S. The fraction of sp³-hybridized carbons (Fsp3) is 0.350. The molecule has 1 saturated heterocycles. The number of rotatable bonds is 6. The number of aryl methyl sites for hydroxylation is 2. The summed E-state index contributed by atoms with van der Waals surface area (Å²) in [6, 6.07) is 9.13. The van der Waals surface area contributed by atoms with Crippen LogP contribution in [-0.2, 0) is 23.6 Å². The molecule has 1 aliphatic rings. The van der Waals surface area contributed by atoms with E-state index in [-0.39, 0.29) is 10.6 Å². The first kappa shape index (κ1) is 21.2. The van der Waals surface area contributed by atoms with Gasteiger partial charge in [-0.3, -0.25) is 9.69 Å². The predicted octanol–water partition coefficient (Wildman–Crippen LogP) is 0.989. The van der Waals surface area contributed by atoms with Crippen molar-refractivity contribution in [3.63, 3.8) is 0 Å². The molecule has 3 aromatic rings. The SMILES string of the molecule is Cc1ccccc1-c1noc(CN2CCN(S(=O)(=O)c3cc(C(N)=O)n(C)c3)CC2)n1. The maximum atomic E-state index is 12.9. The monoisotopic (exact) mass is 444 g/mol. The van der Waals surface area contributed by atoms with Crippen LogP contribution in [0.3, 0.4) is 0 Å². The van der Waals surface area contributed by atoms with Crippen LogP contribution in [0.2, 0.25) is 0 Å². The Balaban J connectivity index is 1.40. The molecule has 0 spiro atoms. The third kappa shape index (κ3) is 4.24. The van der Waals surface area contributed by atoms with Crippen molar-refractivity contribution in [2.75, 3.05) is 26.2 Å². The van der Waals surface area contributed by atoms with E-state index in [2.05, 4.69) is 15.0 Å². The molecule has 2 N–H and O–H groups in total. The van der Waals surface area contributed by atoms with Crippen LogP contribution in [-0.4, -0.2) is 64.4 Å². The molecule has 2 aromatic heterocycles. The summed E-state index contributed by atoms with van der Waals surface area (Å²) < 4.78 is 34.1. The molecule has 11 heteroatoms. The van der Waals surface area contributed by atoms with Gasteiger partial charge in [-0.2, -0.15) is 9.29 Å². The van der Waals surface area contributed by atoms with Crippen LogP contribution in [0.15, 0.2) is 45.9 Å². The second-order valence-corrected chi connectivity index (χ2v) is 9.48. The molecule has 0 unspecified atom stereocenters. The van der Waals surface area contributed by atoms with Crippen LogP contribution >= 0.6 is 0 Å². The number of benzene rings is 1. The number of carbonyl (C=O) groups excluding carboxylic acids is 1. The van der Waals surface area contributed by atoms with E-state index in [1.807, 2.05) is 31.2 Å². The standard InChI is InChI=1S/C20H24N6O4S/c1-14-5-3-4-6-16(14)20-22-18(30-23-20)13-25-7-9-26(10-8-25)31(28,29)15-11-17(19(21)27)24(2)12-15/h3-6,11-12H,7-10,13H2,1-2H3,(H2,21,27). The van der Waals surface area contributed by atoms with E-state index >= 15 is 0 Å². The number of hydrogen-bond donors (Lipinski definition) is 1. The Labute approximate surface area is 180 Å². The second-order valence-electron chi connectivity index (χ2n) is 7.54. The lowest BCUT2D eigenvalue weighted by atomic mass is 10.1. The third-order valence-electron chi connectivity index (χ3n) is 5.41. The van der Waals surface area contributed by atoms with Gasteiger partial charge in [0.1, 0.15) is 10.6 Å². The zero-order valence-corrected chi connectivity index (χ0v) is 18.2. The van der Waals surface area contributed by atoms with Gasteiger partial charge in [-0.15, -0.1) is 0 Å². The highest BCUT2D eigenvalue weighted by Crippen LogP contribution is 2.22. The van der Waals surface area contributed by atoms with E-state index in [0.29, 0.717) is 44.4 Å². The summed E-state index contributed by atoms with van der Waals surface area (Å²) in [5, 5.41) is 4.07. The van der Waals surface area contributed by atoms with Crippen molar-refractivity contribution in [3.8, 4) is 11.4 Å². The lowest BCUT2D eigenvalue weighted by Crippen LogP contribution is -2.48. The first-order valence-corrected chi connectivity index (χ1v) is 11.3. The van der Waals surface area contributed by atoms with E-state index in [1.165, 1.54) is 21.1 Å². The molecule has 3 heterocycles. The number of piperazine rings is 1. The van der Waals surface area contributed by atoms with Crippen LogP contribution in [0.1, 0.15) is 21.9 Å². The van der Waals surface area contributed by atoms with Crippen molar-refractivity contribution >= 4 is 15.9 Å². The minimum absolute atomic E-state index is 0.0667. The molecule has 10 nitrogen and oxygen atoms in total. The number of nitrogens with two attached hydrogens (primary N) is 1. The number of amides is 1. The van der Waals surface area contributed by atoms with Gasteiger partial charge in [0.05, 0.1) is 6.54 Å². The van der Waals surface area contributed by atoms with E-state index in [9.17, 15) is 13.2 Å². The van der Waals surface area contributed by atoms with Crippen LogP contribution in [0, 0.1) is 6.92 Å². The van der Waals surface area contributed by atoms with Crippen LogP contribution < -0.4 is 5.73 Å². The van der Waals surface area contributed by atoms with Crippen molar-refractivity contribution < 1.29 is 17.7 Å². The molecule has 4 rings (SSSR count). The fourth-order valence-corrected chi connectivity index (χ4v) is 5.13. The zero-order chi connectivity index (χ0) is 22.2. The molecule has 0 aliphatic carbocycles. The fourth-order valence-electron chi connectivity index (χ4n) is 3.64. The molecule has 1 amide bonds. The van der Waals surface area contributed by atoms with Gasteiger partial charge >= 0.3 is 0 Å². The van der Waals surface area contributed by atoms with Gasteiger partial charge in [0, 0.05) is 45.0 Å². The summed E-state index contributed by atoms with van der Waals surface area (Å²) in [6.45, 7) is 4.13. The number of nitrogens with zero attached hydrogens (tertiary/aromatic N) is 5. The number of carbonyl (C=O) groups is 1. The molecule has 1 aliphatic heterocycles. The lowest BCUT2D eigenvalue weighted by molar-refractivity contribution is 0.0992.